The van der Waals surface area contributed by atoms with Gasteiger partial charge in [-0.15, -0.1) is 0 Å². The molecule has 4 N–H and O–H groups in total. The van der Waals surface area contributed by atoms with Crippen LogP contribution in [0.2, 0.25) is 0 Å². The van der Waals surface area contributed by atoms with E-state index < -0.39 is 5.91 Å². The molecule has 108 valence electrons. The molecule has 9 heteroatoms. The average molecular weight is 288 g/mol. The predicted molar refractivity (Wildman–Crippen MR) is 73.9 cm³/mol. The molecule has 1 saturated heterocycles. The van der Waals surface area contributed by atoms with Gasteiger partial charge in [-0.05, 0) is 28.5 Å². The van der Waals surface area contributed by atoms with E-state index in [1.54, 1.807) is 29.2 Å². The monoisotopic (exact) mass is 288 g/mol. The maximum atomic E-state index is 11.9. The Labute approximate surface area is 119 Å². The molecule has 1 aliphatic heterocycles. The summed E-state index contributed by atoms with van der Waals surface area (Å²) in [6.45, 7) is 1.17. The topological polar surface area (TPSA) is 126 Å². The minimum absolute atomic E-state index is 0.0809. The molecule has 2 aromatic rings. The third-order valence-electron chi connectivity index (χ3n) is 3.00. The molecule has 2 heterocycles. The molecule has 3 rings (SSSR count). The highest BCUT2D eigenvalue weighted by molar-refractivity contribution is 6.06. The number of amides is 3. The maximum Gasteiger partial charge on any atom is 0.321 e. The Morgan fingerprint density at radius 3 is 2.95 bits per heavy atom. The largest absolute Gasteiger partial charge is 0.379 e. The molecule has 0 spiro atoms. The van der Waals surface area contributed by atoms with Gasteiger partial charge in [0.25, 0.3) is 5.91 Å². The number of hydrogen-bond acceptors (Lipinski definition) is 6. The molecule has 0 saturated carbocycles. The number of carbonyl (C=O) groups excluding carboxylic acids is 2. The molecule has 0 atom stereocenters. The number of urea groups is 1. The number of rotatable bonds is 3. The van der Waals surface area contributed by atoms with Gasteiger partial charge in [0.2, 0.25) is 11.5 Å². The summed E-state index contributed by atoms with van der Waals surface area (Å²) in [5.74, 6) is -0.612. The number of anilines is 3. The fraction of sp³-hybridized carbons (Fsp3) is 0.167. The lowest BCUT2D eigenvalue weighted by Gasteiger charge is -2.15. The summed E-state index contributed by atoms with van der Waals surface area (Å²) in [7, 11) is 0. The van der Waals surface area contributed by atoms with Gasteiger partial charge in [-0.25, -0.2) is 9.42 Å². The lowest BCUT2D eigenvalue weighted by atomic mass is 10.2. The molecule has 21 heavy (non-hydrogen) atoms. The lowest BCUT2D eigenvalue weighted by Crippen LogP contribution is -2.27. The molecule has 0 aliphatic carbocycles. The van der Waals surface area contributed by atoms with Crippen molar-refractivity contribution in [2.24, 2.45) is 0 Å². The van der Waals surface area contributed by atoms with E-state index in [-0.39, 0.29) is 17.5 Å². The van der Waals surface area contributed by atoms with E-state index in [0.717, 1.165) is 0 Å². The van der Waals surface area contributed by atoms with Crippen LogP contribution in [0.4, 0.5) is 22.0 Å². The summed E-state index contributed by atoms with van der Waals surface area (Å²) in [6, 6.07) is 6.74. The molecule has 0 radical (unpaired) electrons. The first-order valence-corrected chi connectivity index (χ1v) is 6.20. The highest BCUT2D eigenvalue weighted by Crippen LogP contribution is 2.21. The number of nitrogen functional groups attached to an aromatic ring is 1. The Kier molecular flexibility index (Phi) is 3.14. The van der Waals surface area contributed by atoms with Crippen LogP contribution in [-0.4, -0.2) is 35.3 Å². The van der Waals surface area contributed by atoms with Crippen LogP contribution in [0.1, 0.15) is 10.5 Å². The van der Waals surface area contributed by atoms with E-state index >= 15 is 0 Å². The SMILES string of the molecule is Nc1nonc1C(=O)Nc1cccc(N2CCNC2=O)c1. The number of aromatic nitrogens is 2. The van der Waals surface area contributed by atoms with Crippen LogP contribution in [0.3, 0.4) is 0 Å². The van der Waals surface area contributed by atoms with Crippen LogP contribution in [0.25, 0.3) is 0 Å². The van der Waals surface area contributed by atoms with Crippen LogP contribution in [0.5, 0.6) is 0 Å². The molecule has 1 aromatic carbocycles. The molecule has 0 unspecified atom stereocenters. The molecule has 0 bridgehead atoms. The Hall–Kier alpha value is -3.10. The van der Waals surface area contributed by atoms with Gasteiger partial charge in [0.05, 0.1) is 0 Å². The molecule has 9 nitrogen and oxygen atoms in total. The zero-order valence-corrected chi connectivity index (χ0v) is 10.9. The number of carbonyl (C=O) groups is 2. The standard InChI is InChI=1S/C12H12N6O3/c13-10-9(16-21-17-10)11(19)15-7-2-1-3-8(6-7)18-5-4-14-12(18)20/h1-3,6H,4-5H2,(H2,13,17)(H,14,20)(H,15,19). The quantitative estimate of drug-likeness (QED) is 0.752. The smallest absolute Gasteiger partial charge is 0.321 e. The van der Waals surface area contributed by atoms with Crippen molar-refractivity contribution >= 4 is 29.1 Å². The average Bonchev–Trinajstić information content (AvgIpc) is 3.07. The zero-order chi connectivity index (χ0) is 14.8. The van der Waals surface area contributed by atoms with Crippen molar-refractivity contribution in [2.75, 3.05) is 29.0 Å². The van der Waals surface area contributed by atoms with Crippen LogP contribution in [0, 0.1) is 0 Å². The number of nitrogens with zero attached hydrogens (tertiary/aromatic N) is 3. The van der Waals surface area contributed by atoms with Crippen molar-refractivity contribution in [1.29, 1.82) is 0 Å². The van der Waals surface area contributed by atoms with Crippen molar-refractivity contribution in [3.63, 3.8) is 0 Å². The van der Waals surface area contributed by atoms with Crippen molar-refractivity contribution in [1.82, 2.24) is 15.6 Å². The van der Waals surface area contributed by atoms with E-state index in [4.69, 9.17) is 5.73 Å². The highest BCUT2D eigenvalue weighted by Gasteiger charge is 2.22. The summed E-state index contributed by atoms with van der Waals surface area (Å²) in [5, 5.41) is 12.1. The summed E-state index contributed by atoms with van der Waals surface area (Å²) < 4.78 is 4.38. The number of nitrogens with two attached hydrogens (primary N) is 1. The van der Waals surface area contributed by atoms with Gasteiger partial charge in [0, 0.05) is 24.5 Å². The summed E-state index contributed by atoms with van der Waals surface area (Å²) in [4.78, 5) is 25.2. The van der Waals surface area contributed by atoms with Crippen LogP contribution < -0.4 is 21.3 Å². The zero-order valence-electron chi connectivity index (χ0n) is 10.9. The molecule has 3 amide bonds. The summed E-state index contributed by atoms with van der Waals surface area (Å²) in [6.07, 6.45) is 0. The van der Waals surface area contributed by atoms with Crippen LogP contribution >= 0.6 is 0 Å². The van der Waals surface area contributed by atoms with Gasteiger partial charge in [0.15, 0.2) is 0 Å². The Morgan fingerprint density at radius 2 is 2.29 bits per heavy atom. The molecule has 1 aromatic heterocycles. The van der Waals surface area contributed by atoms with Crippen molar-refractivity contribution in [3.8, 4) is 0 Å². The van der Waals surface area contributed by atoms with Gasteiger partial charge < -0.3 is 16.4 Å². The fourth-order valence-electron chi connectivity index (χ4n) is 2.01. The summed E-state index contributed by atoms with van der Waals surface area (Å²) >= 11 is 0. The Balaban J connectivity index is 1.79. The molecular weight excluding hydrogens is 276 g/mol. The van der Waals surface area contributed by atoms with E-state index in [1.807, 2.05) is 0 Å². The van der Waals surface area contributed by atoms with Crippen molar-refractivity contribution in [3.05, 3.63) is 30.0 Å². The van der Waals surface area contributed by atoms with Crippen LogP contribution in [-0.2, 0) is 0 Å². The molecular formula is C12H12N6O3. The summed E-state index contributed by atoms with van der Waals surface area (Å²) in [5.41, 5.74) is 6.57. The lowest BCUT2D eigenvalue weighted by molar-refractivity contribution is 0.101. The first kappa shape index (κ1) is 12.9. The maximum absolute atomic E-state index is 11.9. The van der Waals surface area contributed by atoms with Crippen molar-refractivity contribution in [2.45, 2.75) is 0 Å². The van der Waals surface area contributed by atoms with Gasteiger partial charge in [-0.3, -0.25) is 9.69 Å². The first-order chi connectivity index (χ1) is 10.1. The normalized spacial score (nSPS) is 14.1. The fourth-order valence-corrected chi connectivity index (χ4v) is 2.01. The molecule has 1 aliphatic rings. The number of nitrogens with one attached hydrogen (secondary N) is 2. The van der Waals surface area contributed by atoms with Crippen molar-refractivity contribution < 1.29 is 14.2 Å². The third-order valence-corrected chi connectivity index (χ3v) is 3.00. The van der Waals surface area contributed by atoms with E-state index in [1.165, 1.54) is 0 Å². The Morgan fingerprint density at radius 1 is 1.43 bits per heavy atom. The van der Waals surface area contributed by atoms with Gasteiger partial charge in [0.1, 0.15) is 0 Å². The predicted octanol–water partition coefficient (Wildman–Crippen LogP) is 0.434. The van der Waals surface area contributed by atoms with E-state index in [9.17, 15) is 9.59 Å². The second-order valence-electron chi connectivity index (χ2n) is 4.39. The van der Waals surface area contributed by atoms with Crippen LogP contribution in [0.15, 0.2) is 28.9 Å². The van der Waals surface area contributed by atoms with E-state index in [2.05, 4.69) is 25.6 Å². The van der Waals surface area contributed by atoms with Gasteiger partial charge >= 0.3 is 6.03 Å². The Bertz CT molecular complexity index is 698. The second kappa shape index (κ2) is 5.12. The highest BCUT2D eigenvalue weighted by atomic mass is 16.6. The third kappa shape index (κ3) is 2.48. The number of hydrogen-bond donors (Lipinski definition) is 3. The first-order valence-electron chi connectivity index (χ1n) is 6.20. The van der Waals surface area contributed by atoms with Gasteiger partial charge in [-0.1, -0.05) is 6.07 Å². The second-order valence-corrected chi connectivity index (χ2v) is 4.39. The van der Waals surface area contributed by atoms with E-state index in [0.29, 0.717) is 24.5 Å². The molecule has 1 fully saturated rings. The minimum atomic E-state index is -0.531. The number of benzene rings is 1. The minimum Gasteiger partial charge on any atom is -0.379 e. The van der Waals surface area contributed by atoms with Gasteiger partial charge in [-0.2, -0.15) is 0 Å².